The lowest BCUT2D eigenvalue weighted by Gasteiger charge is -2.36. The first-order valence-electron chi connectivity index (χ1n) is 11.5. The van der Waals surface area contributed by atoms with Crippen LogP contribution in [-0.2, 0) is 11.3 Å². The Balaban J connectivity index is 1.27. The fraction of sp³-hybridized carbons (Fsp3) is 0.269. The third-order valence-electron chi connectivity index (χ3n) is 6.21. The number of nitrogens with zero attached hydrogens (tertiary/aromatic N) is 4. The largest absolute Gasteiger partial charge is 0.497 e. The number of hydrogen-bond donors (Lipinski definition) is 0. The Morgan fingerprint density at radius 3 is 2.56 bits per heavy atom. The number of halogens is 1. The van der Waals surface area contributed by atoms with Crippen LogP contribution in [0.4, 0.5) is 10.1 Å². The molecule has 1 amide bonds. The van der Waals surface area contributed by atoms with Gasteiger partial charge in [-0.15, -0.1) is 11.3 Å². The summed E-state index contributed by atoms with van der Waals surface area (Å²) in [5, 5.41) is 2.23. The lowest BCUT2D eigenvalue weighted by molar-refractivity contribution is -0.128. The first-order chi connectivity index (χ1) is 17.5. The Morgan fingerprint density at radius 2 is 1.83 bits per heavy atom. The van der Waals surface area contributed by atoms with Crippen LogP contribution in [0.5, 0.6) is 5.75 Å². The van der Waals surface area contributed by atoms with Gasteiger partial charge in [0.1, 0.15) is 16.3 Å². The zero-order chi connectivity index (χ0) is 25.1. The molecule has 4 aromatic rings. The van der Waals surface area contributed by atoms with Crippen LogP contribution in [0.25, 0.3) is 10.2 Å². The number of thiophene rings is 1. The predicted molar refractivity (Wildman–Crippen MR) is 142 cm³/mol. The Morgan fingerprint density at radius 1 is 1.08 bits per heavy atom. The van der Waals surface area contributed by atoms with Gasteiger partial charge in [-0.1, -0.05) is 30.0 Å². The van der Waals surface area contributed by atoms with E-state index in [4.69, 9.17) is 4.74 Å². The summed E-state index contributed by atoms with van der Waals surface area (Å²) in [4.78, 5) is 34.9. The van der Waals surface area contributed by atoms with E-state index in [1.165, 1.54) is 33.7 Å². The molecule has 0 atom stereocenters. The molecule has 0 aliphatic carbocycles. The molecule has 1 aliphatic rings. The van der Waals surface area contributed by atoms with Crippen LogP contribution in [-0.4, -0.2) is 59.4 Å². The van der Waals surface area contributed by atoms with Crippen LogP contribution >= 0.6 is 23.1 Å². The van der Waals surface area contributed by atoms with Gasteiger partial charge in [0.15, 0.2) is 5.16 Å². The van der Waals surface area contributed by atoms with Gasteiger partial charge in [0.05, 0.1) is 24.9 Å². The second-order valence-electron chi connectivity index (χ2n) is 8.37. The van der Waals surface area contributed by atoms with Crippen molar-refractivity contribution in [2.45, 2.75) is 11.7 Å². The van der Waals surface area contributed by atoms with Gasteiger partial charge in [-0.2, -0.15) is 0 Å². The SMILES string of the molecule is COc1ccc(N2CCN(C(=O)CSc3nc4ccsc4c(=O)n3Cc3ccccc3F)CC2)cc1. The van der Waals surface area contributed by atoms with E-state index in [2.05, 4.69) is 9.88 Å². The number of amides is 1. The molecule has 0 radical (unpaired) electrons. The maximum absolute atomic E-state index is 14.3. The number of carbonyl (C=O) groups excluding carboxylic acids is 1. The summed E-state index contributed by atoms with van der Waals surface area (Å²) in [6, 6.07) is 16.1. The molecular formula is C26H25FN4O3S2. The molecule has 1 fully saturated rings. The van der Waals surface area contributed by atoms with Crippen LogP contribution < -0.4 is 15.2 Å². The molecule has 0 unspecified atom stereocenters. The quantitative estimate of drug-likeness (QED) is 0.268. The molecule has 186 valence electrons. The van der Waals surface area contributed by atoms with E-state index in [0.29, 0.717) is 34.0 Å². The topological polar surface area (TPSA) is 67.7 Å². The molecule has 0 spiro atoms. The van der Waals surface area contributed by atoms with E-state index >= 15 is 0 Å². The Labute approximate surface area is 216 Å². The number of thioether (sulfide) groups is 1. The third kappa shape index (κ3) is 5.10. The van der Waals surface area contributed by atoms with Crippen molar-refractivity contribution in [2.24, 2.45) is 0 Å². The van der Waals surface area contributed by atoms with E-state index in [9.17, 15) is 14.0 Å². The number of anilines is 1. The van der Waals surface area contributed by atoms with E-state index in [1.54, 1.807) is 31.4 Å². The number of fused-ring (bicyclic) bond motifs is 1. The Bertz CT molecular complexity index is 1430. The molecule has 1 aliphatic heterocycles. The maximum atomic E-state index is 14.3. The van der Waals surface area contributed by atoms with Crippen molar-refractivity contribution >= 4 is 44.9 Å². The molecule has 3 heterocycles. The fourth-order valence-electron chi connectivity index (χ4n) is 4.19. The normalized spacial score (nSPS) is 13.8. The first kappa shape index (κ1) is 24.3. The van der Waals surface area contributed by atoms with Crippen LogP contribution in [0.3, 0.4) is 0 Å². The number of hydrogen-bond acceptors (Lipinski definition) is 7. The molecule has 10 heteroatoms. The smallest absolute Gasteiger partial charge is 0.272 e. The molecule has 2 aromatic heterocycles. The molecule has 0 bridgehead atoms. The summed E-state index contributed by atoms with van der Waals surface area (Å²) < 4.78 is 21.5. The summed E-state index contributed by atoms with van der Waals surface area (Å²) in [6.07, 6.45) is 0. The van der Waals surface area contributed by atoms with E-state index in [1.807, 2.05) is 34.5 Å². The minimum atomic E-state index is -0.377. The van der Waals surface area contributed by atoms with Gasteiger partial charge in [0.2, 0.25) is 5.91 Å². The van der Waals surface area contributed by atoms with E-state index < -0.39 is 0 Å². The second kappa shape index (κ2) is 10.7. The van der Waals surface area contributed by atoms with Crippen LogP contribution in [0, 0.1) is 5.82 Å². The minimum absolute atomic E-state index is 0.00788. The van der Waals surface area contributed by atoms with Gasteiger partial charge in [-0.25, -0.2) is 9.37 Å². The minimum Gasteiger partial charge on any atom is -0.497 e. The first-order valence-corrected chi connectivity index (χ1v) is 13.4. The van der Waals surface area contributed by atoms with E-state index in [-0.39, 0.29) is 29.6 Å². The molecule has 1 saturated heterocycles. The maximum Gasteiger partial charge on any atom is 0.272 e. The van der Waals surface area contributed by atoms with Crippen molar-refractivity contribution in [1.82, 2.24) is 14.5 Å². The van der Waals surface area contributed by atoms with Crippen molar-refractivity contribution in [3.05, 3.63) is 81.7 Å². The third-order valence-corrected chi connectivity index (χ3v) is 8.06. The number of aromatic nitrogens is 2. The standard InChI is InChI=1S/C26H25FN4O3S2/c1-34-20-8-6-19(7-9-20)29-11-13-30(14-12-29)23(32)17-36-26-28-22-10-15-35-24(22)25(33)31(26)16-18-4-2-3-5-21(18)27/h2-10,15H,11-14,16-17H2,1H3. The number of methoxy groups -OCH3 is 1. The summed E-state index contributed by atoms with van der Waals surface area (Å²) in [6.45, 7) is 2.76. The van der Waals surface area contributed by atoms with Crippen LogP contribution in [0.15, 0.2) is 69.9 Å². The lowest BCUT2D eigenvalue weighted by Crippen LogP contribution is -2.49. The highest BCUT2D eigenvalue weighted by Crippen LogP contribution is 2.24. The number of ether oxygens (including phenoxy) is 1. The average molecular weight is 525 g/mol. The van der Waals surface area contributed by atoms with Gasteiger partial charge in [-0.05, 0) is 41.8 Å². The van der Waals surface area contributed by atoms with Crippen molar-refractivity contribution in [3.8, 4) is 5.75 Å². The zero-order valence-electron chi connectivity index (χ0n) is 19.7. The molecule has 0 saturated carbocycles. The number of rotatable bonds is 7. The Hall–Kier alpha value is -3.37. The number of benzene rings is 2. The van der Waals surface area contributed by atoms with Crippen molar-refractivity contribution in [1.29, 1.82) is 0 Å². The average Bonchev–Trinajstić information content (AvgIpc) is 3.39. The van der Waals surface area contributed by atoms with Gasteiger partial charge >= 0.3 is 0 Å². The predicted octanol–water partition coefficient (Wildman–Crippen LogP) is 4.09. The molecule has 2 aromatic carbocycles. The summed E-state index contributed by atoms with van der Waals surface area (Å²) >= 11 is 2.54. The number of carbonyl (C=O) groups is 1. The summed E-state index contributed by atoms with van der Waals surface area (Å²) in [5.74, 6) is 0.582. The van der Waals surface area contributed by atoms with Gasteiger partial charge in [-0.3, -0.25) is 14.2 Å². The monoisotopic (exact) mass is 524 g/mol. The molecule has 36 heavy (non-hydrogen) atoms. The summed E-state index contributed by atoms with van der Waals surface area (Å²) in [7, 11) is 1.64. The van der Waals surface area contributed by atoms with E-state index in [0.717, 1.165) is 24.5 Å². The Kier molecular flexibility index (Phi) is 7.24. The van der Waals surface area contributed by atoms with Crippen molar-refractivity contribution in [3.63, 3.8) is 0 Å². The van der Waals surface area contributed by atoms with Crippen molar-refractivity contribution < 1.29 is 13.9 Å². The molecule has 7 nitrogen and oxygen atoms in total. The zero-order valence-corrected chi connectivity index (χ0v) is 21.4. The van der Waals surface area contributed by atoms with Gasteiger partial charge in [0, 0.05) is 37.4 Å². The van der Waals surface area contributed by atoms with Crippen LogP contribution in [0.2, 0.25) is 0 Å². The second-order valence-corrected chi connectivity index (χ2v) is 10.2. The molecular weight excluding hydrogens is 499 g/mol. The lowest BCUT2D eigenvalue weighted by atomic mass is 10.2. The van der Waals surface area contributed by atoms with Gasteiger partial charge < -0.3 is 14.5 Å². The van der Waals surface area contributed by atoms with Gasteiger partial charge in [0.25, 0.3) is 5.56 Å². The highest BCUT2D eigenvalue weighted by atomic mass is 32.2. The van der Waals surface area contributed by atoms with Crippen LogP contribution in [0.1, 0.15) is 5.56 Å². The fourth-order valence-corrected chi connectivity index (χ4v) is 5.87. The highest BCUT2D eigenvalue weighted by molar-refractivity contribution is 7.99. The molecule has 5 rings (SSSR count). The highest BCUT2D eigenvalue weighted by Gasteiger charge is 2.23. The summed E-state index contributed by atoms with van der Waals surface area (Å²) in [5.41, 5.74) is 1.88. The molecule has 0 N–H and O–H groups in total. The van der Waals surface area contributed by atoms with Crippen molar-refractivity contribution in [2.75, 3.05) is 43.9 Å². The number of piperazine rings is 1.